The Hall–Kier alpha value is -0.860. The predicted octanol–water partition coefficient (Wildman–Crippen LogP) is 3.21. The summed E-state index contributed by atoms with van der Waals surface area (Å²) in [6.07, 6.45) is 6.67. The third kappa shape index (κ3) is 4.96. The van der Waals surface area contributed by atoms with E-state index in [1.54, 1.807) is 11.1 Å². The van der Waals surface area contributed by atoms with Gasteiger partial charge in [0.2, 0.25) is 0 Å². The highest BCUT2D eigenvalue weighted by Gasteiger charge is 2.14. The first kappa shape index (κ1) is 14.5. The second-order valence-electron chi connectivity index (χ2n) is 5.56. The molecule has 1 heterocycles. The Balaban J connectivity index is 1.58. The van der Waals surface area contributed by atoms with E-state index in [-0.39, 0.29) is 0 Å². The largest absolute Gasteiger partial charge is 0.317 e. The lowest BCUT2D eigenvalue weighted by Gasteiger charge is -2.28. The van der Waals surface area contributed by atoms with Crippen molar-refractivity contribution >= 4 is 0 Å². The molecule has 0 aliphatic carbocycles. The fourth-order valence-electron chi connectivity index (χ4n) is 2.86. The van der Waals surface area contributed by atoms with E-state index in [0.717, 1.165) is 13.1 Å². The van der Waals surface area contributed by atoms with Crippen LogP contribution in [0.1, 0.15) is 43.7 Å². The van der Waals surface area contributed by atoms with E-state index in [4.69, 9.17) is 0 Å². The summed E-state index contributed by atoms with van der Waals surface area (Å²) in [5.41, 5.74) is 3.10. The first-order valence-electron chi connectivity index (χ1n) is 7.90. The Morgan fingerprint density at radius 2 is 1.84 bits per heavy atom. The van der Waals surface area contributed by atoms with Crippen LogP contribution in [0.3, 0.4) is 0 Å². The van der Waals surface area contributed by atoms with Crippen molar-refractivity contribution in [3.8, 4) is 0 Å². The van der Waals surface area contributed by atoms with Crippen molar-refractivity contribution in [2.45, 2.75) is 45.6 Å². The van der Waals surface area contributed by atoms with Gasteiger partial charge in [0.1, 0.15) is 0 Å². The van der Waals surface area contributed by atoms with Crippen molar-refractivity contribution in [2.24, 2.45) is 0 Å². The number of rotatable bonds is 8. The van der Waals surface area contributed by atoms with Crippen LogP contribution in [0.5, 0.6) is 0 Å². The molecule has 0 saturated carbocycles. The zero-order valence-electron chi connectivity index (χ0n) is 12.3. The quantitative estimate of drug-likeness (QED) is 0.722. The molecule has 2 heteroatoms. The van der Waals surface area contributed by atoms with Crippen LogP contribution in [0.15, 0.2) is 24.3 Å². The molecule has 0 spiro atoms. The third-order valence-corrected chi connectivity index (χ3v) is 4.04. The predicted molar refractivity (Wildman–Crippen MR) is 82.4 cm³/mol. The summed E-state index contributed by atoms with van der Waals surface area (Å²) in [6, 6.07) is 8.91. The first-order chi connectivity index (χ1) is 9.40. The van der Waals surface area contributed by atoms with Gasteiger partial charge >= 0.3 is 0 Å². The Morgan fingerprint density at radius 1 is 1.05 bits per heavy atom. The van der Waals surface area contributed by atoms with Gasteiger partial charge in [0.05, 0.1) is 0 Å². The summed E-state index contributed by atoms with van der Waals surface area (Å²) >= 11 is 0. The molecule has 0 unspecified atom stereocenters. The highest BCUT2D eigenvalue weighted by atomic mass is 15.1. The van der Waals surface area contributed by atoms with Gasteiger partial charge in [-0.2, -0.15) is 0 Å². The van der Waals surface area contributed by atoms with Crippen LogP contribution in [0, 0.1) is 0 Å². The van der Waals surface area contributed by atoms with Gasteiger partial charge in [-0.3, -0.25) is 4.90 Å². The monoisotopic (exact) mass is 260 g/mol. The van der Waals surface area contributed by atoms with Gasteiger partial charge in [0, 0.05) is 13.1 Å². The minimum absolute atomic E-state index is 1.10. The van der Waals surface area contributed by atoms with Crippen molar-refractivity contribution in [1.82, 2.24) is 10.2 Å². The molecule has 19 heavy (non-hydrogen) atoms. The van der Waals surface area contributed by atoms with Crippen LogP contribution < -0.4 is 5.32 Å². The standard InChI is InChI=1S/C17H28N2/c1-2-18-12-7-3-4-8-13-19-14-11-16-9-5-6-10-17(16)15-19/h5-6,9-10,18H,2-4,7-8,11-15H2,1H3. The van der Waals surface area contributed by atoms with Crippen molar-refractivity contribution < 1.29 is 0 Å². The summed E-state index contributed by atoms with van der Waals surface area (Å²) in [7, 11) is 0. The summed E-state index contributed by atoms with van der Waals surface area (Å²) in [4.78, 5) is 2.62. The van der Waals surface area contributed by atoms with Crippen LogP contribution in [0.25, 0.3) is 0 Å². The fourth-order valence-corrected chi connectivity index (χ4v) is 2.86. The van der Waals surface area contributed by atoms with Crippen molar-refractivity contribution in [2.75, 3.05) is 26.2 Å². The molecule has 1 N–H and O–H groups in total. The second-order valence-corrected chi connectivity index (χ2v) is 5.56. The van der Waals surface area contributed by atoms with E-state index in [9.17, 15) is 0 Å². The molecule has 0 radical (unpaired) electrons. The molecular weight excluding hydrogens is 232 g/mol. The van der Waals surface area contributed by atoms with E-state index in [2.05, 4.69) is 41.4 Å². The van der Waals surface area contributed by atoms with E-state index in [1.165, 1.54) is 51.7 Å². The SMILES string of the molecule is CCNCCCCCCN1CCc2ccccc2C1. The zero-order valence-corrected chi connectivity index (χ0v) is 12.3. The van der Waals surface area contributed by atoms with E-state index >= 15 is 0 Å². The lowest BCUT2D eigenvalue weighted by atomic mass is 10.00. The summed E-state index contributed by atoms with van der Waals surface area (Å²) in [6.45, 7) is 8.15. The normalized spacial score (nSPS) is 15.4. The van der Waals surface area contributed by atoms with Crippen molar-refractivity contribution in [3.05, 3.63) is 35.4 Å². The molecule has 0 aromatic heterocycles. The zero-order chi connectivity index (χ0) is 13.3. The number of unbranched alkanes of at least 4 members (excludes halogenated alkanes) is 3. The van der Waals surface area contributed by atoms with Crippen LogP contribution in [-0.4, -0.2) is 31.1 Å². The lowest BCUT2D eigenvalue weighted by molar-refractivity contribution is 0.248. The Bertz CT molecular complexity index is 362. The molecule has 2 rings (SSSR count). The van der Waals surface area contributed by atoms with E-state index < -0.39 is 0 Å². The molecule has 1 aromatic rings. The van der Waals surface area contributed by atoms with Gasteiger partial charge < -0.3 is 5.32 Å². The maximum absolute atomic E-state index is 3.39. The Labute approximate surface area is 118 Å². The molecule has 106 valence electrons. The molecule has 1 aromatic carbocycles. The Morgan fingerprint density at radius 3 is 2.68 bits per heavy atom. The number of fused-ring (bicyclic) bond motifs is 1. The highest BCUT2D eigenvalue weighted by Crippen LogP contribution is 2.18. The van der Waals surface area contributed by atoms with Crippen LogP contribution in [0.4, 0.5) is 0 Å². The third-order valence-electron chi connectivity index (χ3n) is 4.04. The molecule has 0 amide bonds. The molecule has 0 saturated heterocycles. The maximum Gasteiger partial charge on any atom is 0.0236 e. The molecule has 0 bridgehead atoms. The topological polar surface area (TPSA) is 15.3 Å². The fraction of sp³-hybridized carbons (Fsp3) is 0.647. The summed E-state index contributed by atoms with van der Waals surface area (Å²) in [5.74, 6) is 0. The van der Waals surface area contributed by atoms with Gasteiger partial charge in [0.25, 0.3) is 0 Å². The highest BCUT2D eigenvalue weighted by molar-refractivity contribution is 5.28. The number of benzene rings is 1. The van der Waals surface area contributed by atoms with Gasteiger partial charge in [-0.25, -0.2) is 0 Å². The van der Waals surface area contributed by atoms with Gasteiger partial charge in [0.15, 0.2) is 0 Å². The Kier molecular flexibility index (Phi) is 6.38. The summed E-state index contributed by atoms with van der Waals surface area (Å²) in [5, 5.41) is 3.39. The van der Waals surface area contributed by atoms with E-state index in [1.807, 2.05) is 0 Å². The van der Waals surface area contributed by atoms with Crippen molar-refractivity contribution in [1.29, 1.82) is 0 Å². The van der Waals surface area contributed by atoms with Crippen molar-refractivity contribution in [3.63, 3.8) is 0 Å². The summed E-state index contributed by atoms with van der Waals surface area (Å²) < 4.78 is 0. The number of nitrogens with zero attached hydrogens (tertiary/aromatic N) is 1. The average Bonchev–Trinajstić information content (AvgIpc) is 2.46. The minimum Gasteiger partial charge on any atom is -0.317 e. The maximum atomic E-state index is 3.39. The molecule has 1 aliphatic heterocycles. The first-order valence-corrected chi connectivity index (χ1v) is 7.90. The number of nitrogens with one attached hydrogen (secondary N) is 1. The molecule has 2 nitrogen and oxygen atoms in total. The minimum atomic E-state index is 1.10. The van der Waals surface area contributed by atoms with E-state index in [0.29, 0.717) is 0 Å². The number of hydrogen-bond acceptors (Lipinski definition) is 2. The van der Waals surface area contributed by atoms with Crippen LogP contribution in [-0.2, 0) is 13.0 Å². The smallest absolute Gasteiger partial charge is 0.0236 e. The molecular formula is C17H28N2. The van der Waals surface area contributed by atoms with Crippen LogP contribution in [0.2, 0.25) is 0 Å². The second kappa shape index (κ2) is 8.34. The molecule has 1 aliphatic rings. The van der Waals surface area contributed by atoms with Gasteiger partial charge in [-0.05, 0) is 50.0 Å². The lowest BCUT2D eigenvalue weighted by Crippen LogP contribution is -2.31. The van der Waals surface area contributed by atoms with Gasteiger partial charge in [-0.1, -0.05) is 44.0 Å². The molecule has 0 atom stereocenters. The molecule has 0 fully saturated rings. The van der Waals surface area contributed by atoms with Gasteiger partial charge in [-0.15, -0.1) is 0 Å². The number of hydrogen-bond donors (Lipinski definition) is 1. The average molecular weight is 260 g/mol. The van der Waals surface area contributed by atoms with Crippen LogP contribution >= 0.6 is 0 Å².